The van der Waals surface area contributed by atoms with Crippen molar-refractivity contribution in [3.63, 3.8) is 0 Å². The van der Waals surface area contributed by atoms with Gasteiger partial charge in [-0.3, -0.25) is 9.10 Å². The predicted octanol–water partition coefficient (Wildman–Crippen LogP) is 1.40. The number of hydrogen-bond donors (Lipinski definition) is 1. The summed E-state index contributed by atoms with van der Waals surface area (Å²) in [5.74, 6) is -0.543. The number of anilines is 1. The van der Waals surface area contributed by atoms with Crippen LogP contribution in [0.5, 0.6) is 0 Å². The standard InChI is InChI=1S/C16H24N2O5S/c1-12(2)11-15(19)17-9-10-18(24(4,21)22)14-8-6-5-7-13(14)16(20)23-3/h5-8,12H,9-11H2,1-4H3,(H,17,19). The molecule has 0 aliphatic carbocycles. The van der Waals surface area contributed by atoms with Crippen LogP contribution in [0, 0.1) is 5.92 Å². The molecule has 0 saturated heterocycles. The fourth-order valence-corrected chi connectivity index (χ4v) is 3.12. The quantitative estimate of drug-likeness (QED) is 0.711. The van der Waals surface area contributed by atoms with Gasteiger partial charge >= 0.3 is 5.97 Å². The van der Waals surface area contributed by atoms with Crippen LogP contribution in [0.25, 0.3) is 0 Å². The lowest BCUT2D eigenvalue weighted by Gasteiger charge is -2.24. The summed E-state index contributed by atoms with van der Waals surface area (Å²) in [7, 11) is -2.40. The average molecular weight is 356 g/mol. The molecule has 24 heavy (non-hydrogen) atoms. The Morgan fingerprint density at radius 2 is 1.88 bits per heavy atom. The van der Waals surface area contributed by atoms with Gasteiger partial charge in [-0.25, -0.2) is 13.2 Å². The van der Waals surface area contributed by atoms with Gasteiger partial charge in [-0.2, -0.15) is 0 Å². The molecule has 0 saturated carbocycles. The molecule has 0 fully saturated rings. The van der Waals surface area contributed by atoms with Crippen molar-refractivity contribution in [2.24, 2.45) is 5.92 Å². The van der Waals surface area contributed by atoms with E-state index in [4.69, 9.17) is 4.74 Å². The number of para-hydroxylation sites is 1. The minimum absolute atomic E-state index is 0.0245. The second kappa shape index (κ2) is 8.68. The van der Waals surface area contributed by atoms with E-state index in [2.05, 4.69) is 5.32 Å². The van der Waals surface area contributed by atoms with Crippen LogP contribution in [0.1, 0.15) is 30.6 Å². The van der Waals surface area contributed by atoms with Crippen LogP contribution in [0.3, 0.4) is 0 Å². The topological polar surface area (TPSA) is 92.8 Å². The number of nitrogens with zero attached hydrogens (tertiary/aromatic N) is 1. The molecular weight excluding hydrogens is 332 g/mol. The maximum absolute atomic E-state index is 12.1. The molecule has 0 atom stereocenters. The Bertz CT molecular complexity index is 685. The number of carbonyl (C=O) groups is 2. The second-order valence-corrected chi connectivity index (χ2v) is 7.70. The Balaban J connectivity index is 2.97. The number of esters is 1. The Morgan fingerprint density at radius 1 is 1.25 bits per heavy atom. The van der Waals surface area contributed by atoms with E-state index < -0.39 is 16.0 Å². The number of carbonyl (C=O) groups excluding carboxylic acids is 2. The number of benzene rings is 1. The number of ether oxygens (including phenoxy) is 1. The summed E-state index contributed by atoms with van der Waals surface area (Å²) in [5, 5.41) is 2.69. The van der Waals surface area contributed by atoms with E-state index in [1.54, 1.807) is 12.1 Å². The molecule has 1 amide bonds. The lowest BCUT2D eigenvalue weighted by Crippen LogP contribution is -2.39. The van der Waals surface area contributed by atoms with Gasteiger partial charge in [-0.1, -0.05) is 26.0 Å². The van der Waals surface area contributed by atoms with Crippen molar-refractivity contribution in [3.05, 3.63) is 29.8 Å². The summed E-state index contributed by atoms with van der Waals surface area (Å²) in [4.78, 5) is 23.5. The largest absolute Gasteiger partial charge is 0.465 e. The molecule has 0 aliphatic heterocycles. The van der Waals surface area contributed by atoms with Crippen molar-refractivity contribution in [2.45, 2.75) is 20.3 Å². The SMILES string of the molecule is COC(=O)c1ccccc1N(CCNC(=O)CC(C)C)S(C)(=O)=O. The van der Waals surface area contributed by atoms with Crippen LogP contribution in [0.15, 0.2) is 24.3 Å². The highest BCUT2D eigenvalue weighted by Crippen LogP contribution is 2.23. The van der Waals surface area contributed by atoms with E-state index in [1.165, 1.54) is 19.2 Å². The monoisotopic (exact) mass is 356 g/mol. The molecule has 0 bridgehead atoms. The Kier molecular flexibility index (Phi) is 7.21. The second-order valence-electron chi connectivity index (χ2n) is 5.79. The maximum atomic E-state index is 12.1. The summed E-state index contributed by atoms with van der Waals surface area (Å²) >= 11 is 0. The molecule has 0 spiro atoms. The normalized spacial score (nSPS) is 11.2. The molecule has 1 aromatic rings. The molecule has 0 unspecified atom stereocenters. The van der Waals surface area contributed by atoms with Gasteiger partial charge in [0.05, 0.1) is 31.2 Å². The molecule has 0 radical (unpaired) electrons. The summed E-state index contributed by atoms with van der Waals surface area (Å²) in [6, 6.07) is 6.29. The van der Waals surface area contributed by atoms with E-state index in [-0.39, 0.29) is 36.2 Å². The molecular formula is C16H24N2O5S. The van der Waals surface area contributed by atoms with Gasteiger partial charge in [0.25, 0.3) is 0 Å². The van der Waals surface area contributed by atoms with Crippen molar-refractivity contribution in [2.75, 3.05) is 30.8 Å². The van der Waals surface area contributed by atoms with E-state index >= 15 is 0 Å². The minimum Gasteiger partial charge on any atom is -0.465 e. The highest BCUT2D eigenvalue weighted by Gasteiger charge is 2.23. The highest BCUT2D eigenvalue weighted by molar-refractivity contribution is 7.92. The van der Waals surface area contributed by atoms with E-state index in [1.807, 2.05) is 13.8 Å². The van der Waals surface area contributed by atoms with Crippen LogP contribution in [-0.2, 0) is 19.6 Å². The van der Waals surface area contributed by atoms with Crippen LogP contribution < -0.4 is 9.62 Å². The third-order valence-corrected chi connectivity index (χ3v) is 4.39. The average Bonchev–Trinajstić information content (AvgIpc) is 2.49. The van der Waals surface area contributed by atoms with E-state index in [9.17, 15) is 18.0 Å². The molecule has 1 rings (SSSR count). The first-order chi connectivity index (χ1) is 11.2. The minimum atomic E-state index is -3.63. The van der Waals surface area contributed by atoms with E-state index in [0.29, 0.717) is 6.42 Å². The summed E-state index contributed by atoms with van der Waals surface area (Å²) < 4.78 is 30.0. The first kappa shape index (κ1) is 20.0. The summed E-state index contributed by atoms with van der Waals surface area (Å²) in [5.41, 5.74) is 0.379. The van der Waals surface area contributed by atoms with Gasteiger partial charge in [-0.15, -0.1) is 0 Å². The number of sulfonamides is 1. The fourth-order valence-electron chi connectivity index (χ4n) is 2.18. The number of hydrogen-bond acceptors (Lipinski definition) is 5. The summed E-state index contributed by atoms with van der Waals surface area (Å²) in [6.45, 7) is 4.02. The van der Waals surface area contributed by atoms with Gasteiger partial charge in [-0.05, 0) is 18.1 Å². The molecule has 7 nitrogen and oxygen atoms in total. The van der Waals surface area contributed by atoms with Crippen LogP contribution in [-0.4, -0.2) is 46.7 Å². The van der Waals surface area contributed by atoms with Crippen LogP contribution in [0.2, 0.25) is 0 Å². The molecule has 1 N–H and O–H groups in total. The number of methoxy groups -OCH3 is 1. The molecule has 1 aromatic carbocycles. The molecule has 8 heteroatoms. The number of rotatable bonds is 8. The first-order valence-corrected chi connectivity index (χ1v) is 9.43. The fraction of sp³-hybridized carbons (Fsp3) is 0.500. The maximum Gasteiger partial charge on any atom is 0.340 e. The Morgan fingerprint density at radius 3 is 2.42 bits per heavy atom. The lowest BCUT2D eigenvalue weighted by molar-refractivity contribution is -0.121. The predicted molar refractivity (Wildman–Crippen MR) is 92.4 cm³/mol. The van der Waals surface area contributed by atoms with Crippen molar-refractivity contribution in [1.29, 1.82) is 0 Å². The number of amides is 1. The van der Waals surface area contributed by atoms with Gasteiger partial charge < -0.3 is 10.1 Å². The Labute approximate surface area is 143 Å². The van der Waals surface area contributed by atoms with Gasteiger partial charge in [0.15, 0.2) is 0 Å². The number of nitrogens with one attached hydrogen (secondary N) is 1. The van der Waals surface area contributed by atoms with Crippen LogP contribution >= 0.6 is 0 Å². The Hall–Kier alpha value is -2.09. The third-order valence-electron chi connectivity index (χ3n) is 3.21. The zero-order valence-electron chi connectivity index (χ0n) is 14.4. The van der Waals surface area contributed by atoms with Gasteiger partial charge in [0.2, 0.25) is 15.9 Å². The van der Waals surface area contributed by atoms with Crippen molar-refractivity contribution >= 4 is 27.6 Å². The van der Waals surface area contributed by atoms with Crippen molar-refractivity contribution in [1.82, 2.24) is 5.32 Å². The van der Waals surface area contributed by atoms with Crippen molar-refractivity contribution < 1.29 is 22.7 Å². The van der Waals surface area contributed by atoms with E-state index in [0.717, 1.165) is 10.6 Å². The van der Waals surface area contributed by atoms with Crippen LogP contribution in [0.4, 0.5) is 5.69 Å². The lowest BCUT2D eigenvalue weighted by atomic mass is 10.1. The molecule has 0 aromatic heterocycles. The molecule has 0 aliphatic rings. The first-order valence-electron chi connectivity index (χ1n) is 7.58. The molecule has 134 valence electrons. The zero-order chi connectivity index (χ0) is 18.3. The molecule has 0 heterocycles. The van der Waals surface area contributed by atoms with Crippen molar-refractivity contribution in [3.8, 4) is 0 Å². The smallest absolute Gasteiger partial charge is 0.340 e. The summed E-state index contributed by atoms with van der Waals surface area (Å²) in [6.07, 6.45) is 1.43. The third kappa shape index (κ3) is 5.84. The van der Waals surface area contributed by atoms with Gasteiger partial charge in [0, 0.05) is 13.0 Å². The van der Waals surface area contributed by atoms with Gasteiger partial charge in [0.1, 0.15) is 0 Å². The zero-order valence-corrected chi connectivity index (χ0v) is 15.2. The highest BCUT2D eigenvalue weighted by atomic mass is 32.2.